The zero-order valence-electron chi connectivity index (χ0n) is 13.4. The molecular weight excluding hydrogens is 322 g/mol. The largest absolute Gasteiger partial charge is 0.351 e. The fourth-order valence-electron chi connectivity index (χ4n) is 2.25. The normalized spacial score (nSPS) is 10.7. The minimum atomic E-state index is -0.0689. The third-order valence-electron chi connectivity index (χ3n) is 3.58. The third-order valence-corrected chi connectivity index (χ3v) is 4.55. The molecule has 0 aliphatic rings. The number of amides is 1. The average Bonchev–Trinajstić information content (AvgIpc) is 3.27. The highest BCUT2D eigenvalue weighted by molar-refractivity contribution is 7.98. The molecule has 0 saturated heterocycles. The molecule has 1 aromatic carbocycles. The monoisotopic (exact) mass is 341 g/mol. The number of hydrogen-bond donors (Lipinski definition) is 2. The van der Waals surface area contributed by atoms with Crippen LogP contribution in [0.5, 0.6) is 0 Å². The molecule has 0 aliphatic heterocycles. The Bertz CT molecular complexity index is 797. The molecule has 0 spiro atoms. The summed E-state index contributed by atoms with van der Waals surface area (Å²) >= 11 is 1.75. The first-order valence-electron chi connectivity index (χ1n) is 7.69. The molecule has 2 aromatic heterocycles. The van der Waals surface area contributed by atoms with Crippen molar-refractivity contribution in [2.24, 2.45) is 0 Å². The first kappa shape index (κ1) is 16.3. The van der Waals surface area contributed by atoms with Gasteiger partial charge in [0, 0.05) is 41.7 Å². The van der Waals surface area contributed by atoms with Crippen molar-refractivity contribution in [1.82, 2.24) is 25.1 Å². The molecule has 0 bridgehead atoms. The zero-order chi connectivity index (χ0) is 16.8. The van der Waals surface area contributed by atoms with Gasteiger partial charge in [0.2, 0.25) is 0 Å². The van der Waals surface area contributed by atoms with Crippen LogP contribution in [0, 0.1) is 6.92 Å². The molecule has 0 fully saturated rings. The highest BCUT2D eigenvalue weighted by Gasteiger charge is 2.07. The van der Waals surface area contributed by atoms with Crippen molar-refractivity contribution in [3.63, 3.8) is 0 Å². The zero-order valence-corrected chi connectivity index (χ0v) is 14.2. The first-order valence-corrected chi connectivity index (χ1v) is 8.84. The van der Waals surface area contributed by atoms with Crippen LogP contribution in [-0.2, 0) is 5.75 Å². The maximum absolute atomic E-state index is 12.2. The van der Waals surface area contributed by atoms with E-state index in [2.05, 4.69) is 20.4 Å². The van der Waals surface area contributed by atoms with Crippen LogP contribution in [0.4, 0.5) is 0 Å². The standard InChI is InChI=1S/C17H19N5OS/c1-13-16(20-12-19-13)11-24-9-7-18-17(23)14-4-2-5-15(10-14)22-8-3-6-21-22/h2-6,8,10,12H,7,9,11H2,1H3,(H,18,23)(H,19,20). The summed E-state index contributed by atoms with van der Waals surface area (Å²) in [6, 6.07) is 9.28. The van der Waals surface area contributed by atoms with Crippen LogP contribution in [-0.4, -0.2) is 38.0 Å². The van der Waals surface area contributed by atoms with Crippen LogP contribution in [0.2, 0.25) is 0 Å². The van der Waals surface area contributed by atoms with Gasteiger partial charge < -0.3 is 10.3 Å². The third kappa shape index (κ3) is 4.05. The molecule has 0 atom stereocenters. The van der Waals surface area contributed by atoms with E-state index < -0.39 is 0 Å². The molecule has 3 rings (SSSR count). The van der Waals surface area contributed by atoms with Crippen molar-refractivity contribution in [2.45, 2.75) is 12.7 Å². The number of aromatic amines is 1. The fraction of sp³-hybridized carbons (Fsp3) is 0.235. The molecule has 2 N–H and O–H groups in total. The van der Waals surface area contributed by atoms with E-state index in [-0.39, 0.29) is 5.91 Å². The predicted octanol–water partition coefficient (Wildman–Crippen LogP) is 2.57. The Morgan fingerprint density at radius 2 is 2.29 bits per heavy atom. The van der Waals surface area contributed by atoms with Crippen LogP contribution in [0.25, 0.3) is 5.69 Å². The first-order chi connectivity index (χ1) is 11.7. The number of thioether (sulfide) groups is 1. The molecule has 0 unspecified atom stereocenters. The number of rotatable bonds is 7. The Morgan fingerprint density at radius 3 is 3.04 bits per heavy atom. The average molecular weight is 341 g/mol. The number of nitrogens with one attached hydrogen (secondary N) is 2. The lowest BCUT2D eigenvalue weighted by Crippen LogP contribution is -2.25. The molecule has 7 heteroatoms. The van der Waals surface area contributed by atoms with Gasteiger partial charge in [0.05, 0.1) is 17.7 Å². The second kappa shape index (κ2) is 7.83. The van der Waals surface area contributed by atoms with Gasteiger partial charge in [-0.1, -0.05) is 6.07 Å². The maximum atomic E-state index is 12.2. The highest BCUT2D eigenvalue weighted by atomic mass is 32.2. The molecule has 6 nitrogen and oxygen atoms in total. The smallest absolute Gasteiger partial charge is 0.251 e. The van der Waals surface area contributed by atoms with Crippen molar-refractivity contribution in [2.75, 3.05) is 12.3 Å². The van der Waals surface area contributed by atoms with E-state index in [1.807, 2.05) is 43.5 Å². The number of H-pyrrole nitrogens is 1. The van der Waals surface area contributed by atoms with Crippen molar-refractivity contribution >= 4 is 17.7 Å². The highest BCUT2D eigenvalue weighted by Crippen LogP contribution is 2.12. The summed E-state index contributed by atoms with van der Waals surface area (Å²) in [5, 5.41) is 7.13. The van der Waals surface area contributed by atoms with E-state index in [0.29, 0.717) is 12.1 Å². The van der Waals surface area contributed by atoms with E-state index in [1.54, 1.807) is 29.0 Å². The lowest BCUT2D eigenvalue weighted by Gasteiger charge is -2.07. The van der Waals surface area contributed by atoms with Gasteiger partial charge >= 0.3 is 0 Å². The number of imidazole rings is 1. The molecular formula is C17H19N5OS. The lowest BCUT2D eigenvalue weighted by atomic mass is 10.2. The SMILES string of the molecule is Cc1[nH]cnc1CSCCNC(=O)c1cccc(-n2cccn2)c1. The number of carbonyl (C=O) groups is 1. The number of nitrogens with zero attached hydrogens (tertiary/aromatic N) is 3. The summed E-state index contributed by atoms with van der Waals surface area (Å²) in [6.07, 6.45) is 5.27. The molecule has 2 heterocycles. The number of hydrogen-bond acceptors (Lipinski definition) is 4. The Kier molecular flexibility index (Phi) is 5.32. The van der Waals surface area contributed by atoms with Gasteiger partial charge in [-0.3, -0.25) is 4.79 Å². The Hall–Kier alpha value is -2.54. The summed E-state index contributed by atoms with van der Waals surface area (Å²) in [5.41, 5.74) is 3.67. The maximum Gasteiger partial charge on any atom is 0.251 e. The van der Waals surface area contributed by atoms with Crippen molar-refractivity contribution in [1.29, 1.82) is 0 Å². The number of aromatic nitrogens is 4. The molecule has 3 aromatic rings. The Morgan fingerprint density at radius 1 is 1.38 bits per heavy atom. The summed E-state index contributed by atoms with van der Waals surface area (Å²) in [6.45, 7) is 2.64. The van der Waals surface area contributed by atoms with E-state index in [1.165, 1.54) is 0 Å². The summed E-state index contributed by atoms with van der Waals surface area (Å²) in [5.74, 6) is 1.62. The van der Waals surface area contributed by atoms with Gasteiger partial charge in [-0.15, -0.1) is 0 Å². The van der Waals surface area contributed by atoms with E-state index in [0.717, 1.165) is 28.6 Å². The summed E-state index contributed by atoms with van der Waals surface area (Å²) in [4.78, 5) is 19.6. The quantitative estimate of drug-likeness (QED) is 0.648. The summed E-state index contributed by atoms with van der Waals surface area (Å²) in [7, 11) is 0. The molecule has 1 amide bonds. The van der Waals surface area contributed by atoms with Crippen molar-refractivity contribution in [3.05, 3.63) is 66.0 Å². The van der Waals surface area contributed by atoms with Gasteiger partial charge in [-0.2, -0.15) is 16.9 Å². The minimum Gasteiger partial charge on any atom is -0.351 e. The Balaban J connectivity index is 1.47. The van der Waals surface area contributed by atoms with Gasteiger partial charge in [-0.25, -0.2) is 9.67 Å². The molecule has 124 valence electrons. The lowest BCUT2D eigenvalue weighted by molar-refractivity contribution is 0.0956. The van der Waals surface area contributed by atoms with Gasteiger partial charge in [0.15, 0.2) is 0 Å². The van der Waals surface area contributed by atoms with Crippen LogP contribution in [0.1, 0.15) is 21.7 Å². The van der Waals surface area contributed by atoms with E-state index in [9.17, 15) is 4.79 Å². The van der Waals surface area contributed by atoms with E-state index in [4.69, 9.17) is 0 Å². The second-order valence-electron chi connectivity index (χ2n) is 5.28. The number of benzene rings is 1. The Labute approximate surface area is 144 Å². The fourth-order valence-corrected chi connectivity index (χ4v) is 3.13. The minimum absolute atomic E-state index is 0.0689. The van der Waals surface area contributed by atoms with Crippen LogP contribution >= 0.6 is 11.8 Å². The van der Waals surface area contributed by atoms with Gasteiger partial charge in [0.25, 0.3) is 5.91 Å². The van der Waals surface area contributed by atoms with E-state index >= 15 is 0 Å². The molecule has 0 aliphatic carbocycles. The topological polar surface area (TPSA) is 75.6 Å². The molecule has 0 radical (unpaired) electrons. The molecule has 24 heavy (non-hydrogen) atoms. The predicted molar refractivity (Wildman–Crippen MR) is 95.4 cm³/mol. The molecule has 0 saturated carbocycles. The summed E-state index contributed by atoms with van der Waals surface area (Å²) < 4.78 is 1.73. The van der Waals surface area contributed by atoms with Gasteiger partial charge in [-0.05, 0) is 31.2 Å². The van der Waals surface area contributed by atoms with Crippen LogP contribution < -0.4 is 5.32 Å². The van der Waals surface area contributed by atoms with Crippen LogP contribution in [0.3, 0.4) is 0 Å². The number of aryl methyl sites for hydroxylation is 1. The van der Waals surface area contributed by atoms with Crippen molar-refractivity contribution < 1.29 is 4.79 Å². The van der Waals surface area contributed by atoms with Gasteiger partial charge in [0.1, 0.15) is 0 Å². The van der Waals surface area contributed by atoms with Crippen molar-refractivity contribution in [3.8, 4) is 5.69 Å². The van der Waals surface area contributed by atoms with Crippen LogP contribution in [0.15, 0.2) is 49.1 Å². The second-order valence-corrected chi connectivity index (χ2v) is 6.39. The number of carbonyl (C=O) groups excluding carboxylic acids is 1.